The fourth-order valence-corrected chi connectivity index (χ4v) is 4.94. The van der Waals surface area contributed by atoms with E-state index in [0.717, 1.165) is 70.3 Å². The summed E-state index contributed by atoms with van der Waals surface area (Å²) in [5, 5.41) is 0. The molecule has 1 aromatic rings. The molecule has 5 nitrogen and oxygen atoms in total. The van der Waals surface area contributed by atoms with Gasteiger partial charge in [-0.1, -0.05) is 6.07 Å². The van der Waals surface area contributed by atoms with Crippen molar-refractivity contribution in [2.45, 2.75) is 57.4 Å². The second-order valence-electron chi connectivity index (χ2n) is 8.23. The van der Waals surface area contributed by atoms with Crippen LogP contribution in [0.1, 0.15) is 49.7 Å². The number of nitrogens with zero attached hydrogens (tertiary/aromatic N) is 2. The van der Waals surface area contributed by atoms with E-state index in [1.54, 1.807) is 7.11 Å². The van der Waals surface area contributed by atoms with Gasteiger partial charge >= 0.3 is 0 Å². The summed E-state index contributed by atoms with van der Waals surface area (Å²) in [6, 6.07) is 6.06. The molecular weight excluding hydrogens is 340 g/mol. The van der Waals surface area contributed by atoms with Gasteiger partial charge in [-0.3, -0.25) is 9.59 Å². The van der Waals surface area contributed by atoms with Gasteiger partial charge in [0.25, 0.3) is 0 Å². The topological polar surface area (TPSA) is 49.9 Å². The lowest BCUT2D eigenvalue weighted by Gasteiger charge is -2.30. The first-order valence-electron chi connectivity index (χ1n) is 10.4. The minimum atomic E-state index is -0.212. The Labute approximate surface area is 161 Å². The number of benzene rings is 1. The lowest BCUT2D eigenvalue weighted by molar-refractivity contribution is -0.143. The quantitative estimate of drug-likeness (QED) is 0.819. The third kappa shape index (κ3) is 3.83. The van der Waals surface area contributed by atoms with Gasteiger partial charge in [0.1, 0.15) is 11.8 Å². The predicted molar refractivity (Wildman–Crippen MR) is 104 cm³/mol. The molecule has 1 aliphatic carbocycles. The van der Waals surface area contributed by atoms with Crippen LogP contribution in [0.4, 0.5) is 0 Å². The Hall–Kier alpha value is -2.04. The molecule has 2 atom stereocenters. The standard InChI is InChI=1S/C22H30N2O3/c1-27-19-9-8-17-13-16(6-7-18(17)15-19)14-21(25)24-12-4-5-20(24)22(26)23-10-2-3-11-23/h8-9,15-16,20H,2-7,10-14H2,1H3/t16?,20-/m0/s1. The van der Waals surface area contributed by atoms with Crippen LogP contribution in [0.5, 0.6) is 5.75 Å². The monoisotopic (exact) mass is 370 g/mol. The van der Waals surface area contributed by atoms with E-state index in [-0.39, 0.29) is 17.9 Å². The van der Waals surface area contributed by atoms with Gasteiger partial charge in [0, 0.05) is 26.1 Å². The lowest BCUT2D eigenvalue weighted by Crippen LogP contribution is -2.47. The maximum Gasteiger partial charge on any atom is 0.245 e. The lowest BCUT2D eigenvalue weighted by atomic mass is 9.82. The molecule has 2 heterocycles. The molecule has 1 unspecified atom stereocenters. The van der Waals surface area contributed by atoms with Gasteiger partial charge in [-0.15, -0.1) is 0 Å². The van der Waals surface area contributed by atoms with Crippen molar-refractivity contribution in [1.82, 2.24) is 9.80 Å². The van der Waals surface area contributed by atoms with Gasteiger partial charge in [-0.2, -0.15) is 0 Å². The first-order valence-corrected chi connectivity index (χ1v) is 10.4. The maximum absolute atomic E-state index is 13.0. The fourth-order valence-electron chi connectivity index (χ4n) is 4.94. The highest BCUT2D eigenvalue weighted by Gasteiger charge is 2.37. The average Bonchev–Trinajstić information content (AvgIpc) is 3.39. The third-order valence-electron chi connectivity index (χ3n) is 6.48. The Morgan fingerprint density at radius 3 is 2.67 bits per heavy atom. The van der Waals surface area contributed by atoms with Crippen LogP contribution in [0.2, 0.25) is 0 Å². The van der Waals surface area contributed by atoms with Crippen molar-refractivity contribution in [1.29, 1.82) is 0 Å². The minimum absolute atomic E-state index is 0.173. The Bertz CT molecular complexity index is 712. The third-order valence-corrected chi connectivity index (χ3v) is 6.48. The highest BCUT2D eigenvalue weighted by molar-refractivity contribution is 5.88. The predicted octanol–water partition coefficient (Wildman–Crippen LogP) is 2.80. The zero-order valence-electron chi connectivity index (χ0n) is 16.3. The molecule has 0 radical (unpaired) electrons. The van der Waals surface area contributed by atoms with E-state index in [2.05, 4.69) is 12.1 Å². The van der Waals surface area contributed by atoms with Crippen molar-refractivity contribution in [2.24, 2.45) is 5.92 Å². The number of rotatable bonds is 4. The molecule has 2 amide bonds. The SMILES string of the molecule is COc1ccc2c(c1)CCC(CC(=O)N1CCC[C@H]1C(=O)N1CCCC1)C2. The van der Waals surface area contributed by atoms with Gasteiger partial charge < -0.3 is 14.5 Å². The molecule has 5 heteroatoms. The Morgan fingerprint density at radius 2 is 1.89 bits per heavy atom. The number of methoxy groups -OCH3 is 1. The summed E-state index contributed by atoms with van der Waals surface area (Å²) in [7, 11) is 1.70. The molecule has 0 aromatic heterocycles. The van der Waals surface area contributed by atoms with Gasteiger partial charge in [-0.25, -0.2) is 0 Å². The van der Waals surface area contributed by atoms with Crippen LogP contribution in [0.25, 0.3) is 0 Å². The van der Waals surface area contributed by atoms with E-state index in [0.29, 0.717) is 12.3 Å². The van der Waals surface area contributed by atoms with Crippen LogP contribution in [0.3, 0.4) is 0 Å². The van der Waals surface area contributed by atoms with Gasteiger partial charge in [0.15, 0.2) is 0 Å². The Kier molecular flexibility index (Phi) is 5.37. The molecule has 27 heavy (non-hydrogen) atoms. The molecule has 0 bridgehead atoms. The van der Waals surface area contributed by atoms with E-state index in [1.165, 1.54) is 11.1 Å². The summed E-state index contributed by atoms with van der Waals surface area (Å²) in [6.07, 6.45) is 7.51. The zero-order valence-corrected chi connectivity index (χ0v) is 16.3. The highest BCUT2D eigenvalue weighted by atomic mass is 16.5. The smallest absolute Gasteiger partial charge is 0.245 e. The second-order valence-corrected chi connectivity index (χ2v) is 8.23. The summed E-state index contributed by atoms with van der Waals surface area (Å²) in [5.41, 5.74) is 2.69. The fraction of sp³-hybridized carbons (Fsp3) is 0.636. The highest BCUT2D eigenvalue weighted by Crippen LogP contribution is 2.31. The number of likely N-dealkylation sites (tertiary alicyclic amines) is 2. The average molecular weight is 370 g/mol. The number of hydrogen-bond donors (Lipinski definition) is 0. The van der Waals surface area contributed by atoms with Crippen molar-refractivity contribution in [3.63, 3.8) is 0 Å². The molecule has 0 N–H and O–H groups in total. The molecule has 2 aliphatic heterocycles. The number of carbonyl (C=O) groups excluding carboxylic acids is 2. The molecule has 1 aromatic carbocycles. The van der Waals surface area contributed by atoms with Crippen molar-refractivity contribution < 1.29 is 14.3 Å². The van der Waals surface area contributed by atoms with Crippen LogP contribution in [-0.2, 0) is 22.4 Å². The van der Waals surface area contributed by atoms with E-state index in [9.17, 15) is 9.59 Å². The van der Waals surface area contributed by atoms with Crippen LogP contribution in [-0.4, -0.2) is 54.4 Å². The molecule has 2 saturated heterocycles. The number of fused-ring (bicyclic) bond motifs is 1. The Morgan fingerprint density at radius 1 is 1.07 bits per heavy atom. The molecule has 2 fully saturated rings. The van der Waals surface area contributed by atoms with Crippen LogP contribution >= 0.6 is 0 Å². The summed E-state index contributed by atoms with van der Waals surface area (Å²) in [4.78, 5) is 29.6. The number of carbonyl (C=O) groups is 2. The first kappa shape index (κ1) is 18.3. The van der Waals surface area contributed by atoms with E-state index in [4.69, 9.17) is 4.74 Å². The van der Waals surface area contributed by atoms with Crippen molar-refractivity contribution in [3.8, 4) is 5.75 Å². The van der Waals surface area contributed by atoms with Crippen molar-refractivity contribution in [3.05, 3.63) is 29.3 Å². The molecule has 4 rings (SSSR count). The van der Waals surface area contributed by atoms with Gasteiger partial charge in [0.05, 0.1) is 7.11 Å². The van der Waals surface area contributed by atoms with E-state index in [1.807, 2.05) is 15.9 Å². The summed E-state index contributed by atoms with van der Waals surface area (Å²) < 4.78 is 5.32. The zero-order chi connectivity index (χ0) is 18.8. The molecule has 3 aliphatic rings. The number of ether oxygens (including phenoxy) is 1. The second kappa shape index (κ2) is 7.91. The van der Waals surface area contributed by atoms with Crippen LogP contribution in [0.15, 0.2) is 18.2 Å². The maximum atomic E-state index is 13.0. The number of amides is 2. The molecule has 146 valence electrons. The van der Waals surface area contributed by atoms with E-state index >= 15 is 0 Å². The van der Waals surface area contributed by atoms with Gasteiger partial charge in [-0.05, 0) is 74.1 Å². The van der Waals surface area contributed by atoms with Crippen LogP contribution < -0.4 is 4.74 Å². The summed E-state index contributed by atoms with van der Waals surface area (Å²) in [5.74, 6) is 1.64. The van der Waals surface area contributed by atoms with Crippen molar-refractivity contribution >= 4 is 11.8 Å². The number of aryl methyl sites for hydroxylation is 1. The largest absolute Gasteiger partial charge is 0.497 e. The van der Waals surface area contributed by atoms with Gasteiger partial charge in [0.2, 0.25) is 11.8 Å². The summed E-state index contributed by atoms with van der Waals surface area (Å²) in [6.45, 7) is 2.46. The summed E-state index contributed by atoms with van der Waals surface area (Å²) >= 11 is 0. The molecular formula is C22H30N2O3. The van der Waals surface area contributed by atoms with E-state index < -0.39 is 0 Å². The normalized spacial score (nSPS) is 24.8. The first-order chi connectivity index (χ1) is 13.2. The minimum Gasteiger partial charge on any atom is -0.497 e. The Balaban J connectivity index is 1.37. The van der Waals surface area contributed by atoms with Crippen molar-refractivity contribution in [2.75, 3.05) is 26.7 Å². The molecule has 0 spiro atoms. The number of hydrogen-bond acceptors (Lipinski definition) is 3. The van der Waals surface area contributed by atoms with Crippen LogP contribution in [0, 0.1) is 5.92 Å². The molecule has 0 saturated carbocycles.